The van der Waals surface area contributed by atoms with Crippen LogP contribution in [0.2, 0.25) is 0 Å². The lowest BCUT2D eigenvalue weighted by atomic mass is 10.1. The lowest BCUT2D eigenvalue weighted by Crippen LogP contribution is -2.29. The summed E-state index contributed by atoms with van der Waals surface area (Å²) >= 11 is 0. The van der Waals surface area contributed by atoms with Crippen LogP contribution in [0.15, 0.2) is 60.1 Å². The molecule has 0 unspecified atom stereocenters. The number of benzene rings is 2. The molecule has 0 heterocycles. The number of aliphatic imine (C=N–C) groups is 1. The van der Waals surface area contributed by atoms with Crippen LogP contribution in [-0.4, -0.2) is 24.6 Å². The zero-order valence-corrected chi connectivity index (χ0v) is 17.8. The predicted octanol–water partition coefficient (Wildman–Crippen LogP) is 6.07. The number of rotatable bonds is 8. The summed E-state index contributed by atoms with van der Waals surface area (Å²) in [7, 11) is 1.84. The number of hydrogen-bond acceptors (Lipinski definition) is 2. The van der Waals surface area contributed by atoms with Crippen molar-refractivity contribution in [2.75, 3.05) is 11.9 Å². The molecule has 30 heavy (non-hydrogen) atoms. The molecule has 1 aliphatic carbocycles. The maximum atomic E-state index is 13.3. The fourth-order valence-corrected chi connectivity index (χ4v) is 3.25. The summed E-state index contributed by atoms with van der Waals surface area (Å²) in [5.74, 6) is -1.83. The van der Waals surface area contributed by atoms with Gasteiger partial charge in [0.05, 0.1) is 12.1 Å². The number of anilines is 1. The number of carbonyl (C=O) groups excluding carboxylic acids is 1. The number of aryl methyl sites for hydroxylation is 1. The van der Waals surface area contributed by atoms with Crippen molar-refractivity contribution >= 4 is 23.0 Å². The van der Waals surface area contributed by atoms with Crippen molar-refractivity contribution in [3.05, 3.63) is 71.8 Å². The number of hydrogen-bond donors (Lipinski definition) is 0. The van der Waals surface area contributed by atoms with E-state index < -0.39 is 5.92 Å². The molecule has 0 aliphatic heterocycles. The minimum absolute atomic E-state index is 0.130. The molecule has 1 saturated carbocycles. The van der Waals surface area contributed by atoms with Gasteiger partial charge >= 0.3 is 0 Å². The highest BCUT2D eigenvalue weighted by Gasteiger charge is 2.31. The van der Waals surface area contributed by atoms with E-state index in [1.165, 1.54) is 0 Å². The van der Waals surface area contributed by atoms with Gasteiger partial charge in [-0.05, 0) is 49.9 Å². The van der Waals surface area contributed by atoms with Gasteiger partial charge in [-0.25, -0.2) is 13.8 Å². The van der Waals surface area contributed by atoms with Crippen LogP contribution in [-0.2, 0) is 11.2 Å². The maximum absolute atomic E-state index is 13.3. The second kappa shape index (κ2) is 8.90. The quantitative estimate of drug-likeness (QED) is 0.391. The van der Waals surface area contributed by atoms with E-state index in [0.29, 0.717) is 17.1 Å². The molecule has 3 nitrogen and oxygen atoms in total. The molecule has 2 aromatic rings. The van der Waals surface area contributed by atoms with Gasteiger partial charge in [0.15, 0.2) is 0 Å². The highest BCUT2D eigenvalue weighted by molar-refractivity contribution is 6.11. The number of amidine groups is 1. The van der Waals surface area contributed by atoms with Gasteiger partial charge in [-0.15, -0.1) is 0 Å². The molecule has 0 saturated heterocycles. The van der Waals surface area contributed by atoms with Gasteiger partial charge < -0.3 is 4.90 Å². The molecule has 5 heteroatoms. The molecule has 2 aromatic carbocycles. The first-order chi connectivity index (χ1) is 14.1. The molecule has 0 radical (unpaired) electrons. The Bertz CT molecular complexity index is 937. The smallest absolute Gasteiger partial charge is 0.249 e. The standard InChI is InChI=1S/C25H28F2N2O/c1-17-5-9-20(10-6-17)18(2)28-24(15-23(30)21-11-12-21)29(4)22-13-7-19(8-14-22)16-25(3,26)27/h5-10,13-14,21H,2,11-12,15-16H2,1,3-4H3/b28-24-. The minimum atomic E-state index is -2.75. The summed E-state index contributed by atoms with van der Waals surface area (Å²) in [5, 5.41) is 0. The summed E-state index contributed by atoms with van der Waals surface area (Å²) in [6, 6.07) is 14.9. The van der Waals surface area contributed by atoms with Gasteiger partial charge in [0.2, 0.25) is 5.92 Å². The summed E-state index contributed by atoms with van der Waals surface area (Å²) in [4.78, 5) is 19.0. The third kappa shape index (κ3) is 6.09. The Labute approximate surface area is 177 Å². The first-order valence-electron chi connectivity index (χ1n) is 10.2. The number of ketones is 1. The van der Waals surface area contributed by atoms with E-state index in [2.05, 4.69) is 6.58 Å². The van der Waals surface area contributed by atoms with Gasteiger partial charge in [-0.3, -0.25) is 4.79 Å². The molecule has 1 fully saturated rings. The number of carbonyl (C=O) groups is 1. The number of halogens is 2. The van der Waals surface area contributed by atoms with Crippen molar-refractivity contribution in [1.82, 2.24) is 0 Å². The van der Waals surface area contributed by atoms with E-state index in [1.807, 2.05) is 43.1 Å². The lowest BCUT2D eigenvalue weighted by Gasteiger charge is -2.22. The Balaban J connectivity index is 1.84. The van der Waals surface area contributed by atoms with Gasteiger partial charge in [-0.2, -0.15) is 0 Å². The van der Waals surface area contributed by atoms with Gasteiger partial charge in [0.25, 0.3) is 0 Å². The van der Waals surface area contributed by atoms with Crippen LogP contribution in [0, 0.1) is 12.8 Å². The van der Waals surface area contributed by atoms with Gasteiger partial charge in [-0.1, -0.05) is 48.5 Å². The lowest BCUT2D eigenvalue weighted by molar-refractivity contribution is -0.119. The Kier molecular flexibility index (Phi) is 6.49. The van der Waals surface area contributed by atoms with Crippen LogP contribution < -0.4 is 4.90 Å². The molecule has 0 amide bonds. The van der Waals surface area contributed by atoms with Gasteiger partial charge in [0, 0.05) is 25.1 Å². The molecule has 0 spiro atoms. The Morgan fingerprint density at radius 3 is 2.27 bits per heavy atom. The summed E-state index contributed by atoms with van der Waals surface area (Å²) in [6.45, 7) is 7.01. The van der Waals surface area contributed by atoms with Crippen molar-refractivity contribution in [2.24, 2.45) is 10.9 Å². The van der Waals surface area contributed by atoms with Crippen molar-refractivity contribution in [2.45, 2.75) is 45.5 Å². The molecule has 158 valence electrons. The van der Waals surface area contributed by atoms with Crippen LogP contribution in [0.4, 0.5) is 14.5 Å². The van der Waals surface area contributed by atoms with E-state index in [9.17, 15) is 13.6 Å². The number of nitrogens with zero attached hydrogens (tertiary/aromatic N) is 2. The summed E-state index contributed by atoms with van der Waals surface area (Å²) in [5.41, 5.74) is 3.98. The largest absolute Gasteiger partial charge is 0.333 e. The second-order valence-corrected chi connectivity index (χ2v) is 8.23. The second-order valence-electron chi connectivity index (χ2n) is 8.23. The van der Waals surface area contributed by atoms with Crippen molar-refractivity contribution in [3.63, 3.8) is 0 Å². The minimum Gasteiger partial charge on any atom is -0.333 e. The van der Waals surface area contributed by atoms with E-state index in [1.54, 1.807) is 24.3 Å². The third-order valence-corrected chi connectivity index (χ3v) is 5.24. The monoisotopic (exact) mass is 410 g/mol. The Hall–Kier alpha value is -2.82. The molecule has 0 bridgehead atoms. The Morgan fingerprint density at radius 2 is 1.73 bits per heavy atom. The fraction of sp³-hybridized carbons (Fsp3) is 0.360. The summed E-state index contributed by atoms with van der Waals surface area (Å²) < 4.78 is 26.5. The SMILES string of the molecule is C=C(/N=C(/CC(=O)C1CC1)N(C)c1ccc(CC(C)(F)F)cc1)c1ccc(C)cc1. The molecular weight excluding hydrogens is 382 g/mol. The van der Waals surface area contributed by atoms with E-state index in [4.69, 9.17) is 4.99 Å². The molecular formula is C25H28F2N2O. The highest BCUT2D eigenvalue weighted by atomic mass is 19.3. The van der Waals surface area contributed by atoms with Crippen LogP contribution >= 0.6 is 0 Å². The maximum Gasteiger partial charge on any atom is 0.249 e. The third-order valence-electron chi connectivity index (χ3n) is 5.24. The van der Waals surface area contributed by atoms with E-state index >= 15 is 0 Å². The van der Waals surface area contributed by atoms with Crippen LogP contribution in [0.1, 0.15) is 42.9 Å². The molecule has 0 aromatic heterocycles. The average Bonchev–Trinajstić information content (AvgIpc) is 3.52. The zero-order valence-electron chi connectivity index (χ0n) is 17.8. The number of Topliss-reactive ketones (excluding diaryl/α,β-unsaturated/α-hetero) is 1. The highest BCUT2D eigenvalue weighted by Crippen LogP contribution is 2.32. The topological polar surface area (TPSA) is 32.7 Å². The predicted molar refractivity (Wildman–Crippen MR) is 119 cm³/mol. The van der Waals surface area contributed by atoms with Gasteiger partial charge in [0.1, 0.15) is 11.6 Å². The van der Waals surface area contributed by atoms with Crippen molar-refractivity contribution in [1.29, 1.82) is 0 Å². The van der Waals surface area contributed by atoms with Crippen LogP contribution in [0.3, 0.4) is 0 Å². The molecule has 3 rings (SSSR count). The number of alkyl halides is 2. The van der Waals surface area contributed by atoms with Crippen molar-refractivity contribution in [3.8, 4) is 0 Å². The fourth-order valence-electron chi connectivity index (χ4n) is 3.25. The molecule has 1 aliphatic rings. The average molecular weight is 411 g/mol. The Morgan fingerprint density at radius 1 is 1.13 bits per heavy atom. The molecule has 0 N–H and O–H groups in total. The first-order valence-corrected chi connectivity index (χ1v) is 10.2. The first kappa shape index (κ1) is 21.9. The molecule has 0 atom stereocenters. The van der Waals surface area contributed by atoms with Crippen LogP contribution in [0.5, 0.6) is 0 Å². The van der Waals surface area contributed by atoms with Crippen LogP contribution in [0.25, 0.3) is 5.70 Å². The van der Waals surface area contributed by atoms with E-state index in [0.717, 1.165) is 36.6 Å². The van der Waals surface area contributed by atoms with E-state index in [-0.39, 0.29) is 24.5 Å². The van der Waals surface area contributed by atoms with Crippen molar-refractivity contribution < 1.29 is 13.6 Å². The normalized spacial score (nSPS) is 14.5. The zero-order chi connectivity index (χ0) is 21.9. The summed E-state index contributed by atoms with van der Waals surface area (Å²) in [6.07, 6.45) is 1.80.